The van der Waals surface area contributed by atoms with E-state index in [1.165, 1.54) is 15.8 Å². The van der Waals surface area contributed by atoms with E-state index in [1.807, 2.05) is 23.7 Å². The molecular formula is C15H11NS. The third-order valence-electron chi connectivity index (χ3n) is 2.65. The molecule has 0 bridgehead atoms. The van der Waals surface area contributed by atoms with Crippen LogP contribution in [-0.2, 0) is 0 Å². The van der Waals surface area contributed by atoms with Crippen LogP contribution in [0.1, 0.15) is 11.1 Å². The molecule has 0 unspecified atom stereocenters. The van der Waals surface area contributed by atoms with E-state index in [4.69, 9.17) is 0 Å². The number of thiazole rings is 1. The lowest BCUT2D eigenvalue weighted by Crippen LogP contribution is -1.75. The molecule has 3 rings (SSSR count). The average Bonchev–Trinajstić information content (AvgIpc) is 2.86. The number of fused-ring (bicyclic) bond motifs is 1. The van der Waals surface area contributed by atoms with Crippen molar-refractivity contribution < 1.29 is 0 Å². The van der Waals surface area contributed by atoms with Crippen LogP contribution in [0.5, 0.6) is 0 Å². The van der Waals surface area contributed by atoms with Crippen LogP contribution >= 0.6 is 11.3 Å². The van der Waals surface area contributed by atoms with Gasteiger partial charge in [-0.05, 0) is 11.6 Å². The lowest BCUT2D eigenvalue weighted by atomic mass is 10.1. The predicted octanol–water partition coefficient (Wildman–Crippen LogP) is 4.47. The Morgan fingerprint density at radius 1 is 0.882 bits per heavy atom. The minimum Gasteiger partial charge on any atom is -0.244 e. The van der Waals surface area contributed by atoms with Gasteiger partial charge < -0.3 is 0 Å². The van der Waals surface area contributed by atoms with Crippen LogP contribution in [0.2, 0.25) is 0 Å². The van der Waals surface area contributed by atoms with Gasteiger partial charge >= 0.3 is 0 Å². The van der Waals surface area contributed by atoms with Gasteiger partial charge in [0.1, 0.15) is 0 Å². The van der Waals surface area contributed by atoms with Crippen molar-refractivity contribution >= 4 is 33.7 Å². The van der Waals surface area contributed by atoms with E-state index in [9.17, 15) is 0 Å². The molecule has 0 aliphatic carbocycles. The van der Waals surface area contributed by atoms with Crippen LogP contribution in [0.15, 0.2) is 54.0 Å². The van der Waals surface area contributed by atoms with Gasteiger partial charge in [-0.1, -0.05) is 54.6 Å². The monoisotopic (exact) mass is 237 g/mol. The molecule has 0 amide bonds. The molecule has 2 aromatic carbocycles. The Morgan fingerprint density at radius 2 is 1.76 bits per heavy atom. The van der Waals surface area contributed by atoms with Crippen LogP contribution < -0.4 is 0 Å². The van der Waals surface area contributed by atoms with Gasteiger partial charge in [-0.2, -0.15) is 0 Å². The summed E-state index contributed by atoms with van der Waals surface area (Å²) in [6.45, 7) is 0. The molecular weight excluding hydrogens is 226 g/mol. The number of benzene rings is 2. The Labute approximate surface area is 104 Å². The number of hydrogen-bond donors (Lipinski definition) is 0. The maximum atomic E-state index is 4.40. The normalized spacial score (nSPS) is 11.3. The van der Waals surface area contributed by atoms with E-state index < -0.39 is 0 Å². The zero-order chi connectivity index (χ0) is 11.5. The maximum absolute atomic E-state index is 4.40. The van der Waals surface area contributed by atoms with E-state index in [2.05, 4.69) is 47.5 Å². The number of rotatable bonds is 2. The van der Waals surface area contributed by atoms with E-state index in [0.717, 1.165) is 5.52 Å². The number of nitrogens with zero attached hydrogens (tertiary/aromatic N) is 1. The molecule has 1 heterocycles. The van der Waals surface area contributed by atoms with Crippen molar-refractivity contribution in [1.29, 1.82) is 0 Å². The largest absolute Gasteiger partial charge is 0.244 e. The van der Waals surface area contributed by atoms with E-state index in [-0.39, 0.29) is 0 Å². The van der Waals surface area contributed by atoms with Crippen molar-refractivity contribution in [1.82, 2.24) is 4.98 Å². The lowest BCUT2D eigenvalue weighted by molar-refractivity contribution is 1.49. The molecule has 0 N–H and O–H groups in total. The highest BCUT2D eigenvalue weighted by Crippen LogP contribution is 2.22. The number of hydrogen-bond acceptors (Lipinski definition) is 2. The number of aromatic nitrogens is 1. The maximum Gasteiger partial charge on any atom is 0.0884 e. The fourth-order valence-corrected chi connectivity index (χ4v) is 2.50. The first-order valence-electron chi connectivity index (χ1n) is 5.49. The lowest BCUT2D eigenvalue weighted by Gasteiger charge is -1.95. The van der Waals surface area contributed by atoms with Gasteiger partial charge in [0.2, 0.25) is 0 Å². The smallest absolute Gasteiger partial charge is 0.0884 e. The average molecular weight is 237 g/mol. The third-order valence-corrected chi connectivity index (χ3v) is 3.44. The molecule has 1 aromatic heterocycles. The van der Waals surface area contributed by atoms with Gasteiger partial charge in [0, 0.05) is 5.56 Å². The Kier molecular flexibility index (Phi) is 2.72. The number of para-hydroxylation sites is 1. The Bertz CT molecular complexity index is 653. The zero-order valence-electron chi connectivity index (χ0n) is 9.21. The second-order valence-corrected chi connectivity index (χ2v) is 4.68. The highest BCUT2D eigenvalue weighted by Gasteiger charge is 1.99. The SMILES string of the molecule is C(=Cc1cccc2scnc12)c1ccccc1. The minimum atomic E-state index is 1.09. The summed E-state index contributed by atoms with van der Waals surface area (Å²) in [4.78, 5) is 4.40. The summed E-state index contributed by atoms with van der Waals surface area (Å²) in [5.41, 5.74) is 5.36. The summed E-state index contributed by atoms with van der Waals surface area (Å²) in [5, 5.41) is 0. The molecule has 17 heavy (non-hydrogen) atoms. The van der Waals surface area contributed by atoms with E-state index in [1.54, 1.807) is 11.3 Å². The molecule has 0 saturated heterocycles. The Balaban J connectivity index is 2.00. The fraction of sp³-hybridized carbons (Fsp3) is 0. The summed E-state index contributed by atoms with van der Waals surface area (Å²) in [6, 6.07) is 16.6. The first-order chi connectivity index (χ1) is 8.43. The molecule has 0 radical (unpaired) electrons. The van der Waals surface area contributed by atoms with Crippen LogP contribution in [0.3, 0.4) is 0 Å². The summed E-state index contributed by atoms with van der Waals surface area (Å²) in [6.07, 6.45) is 4.24. The van der Waals surface area contributed by atoms with Crippen molar-refractivity contribution in [2.45, 2.75) is 0 Å². The van der Waals surface area contributed by atoms with Crippen molar-refractivity contribution in [3.8, 4) is 0 Å². The molecule has 0 aliphatic heterocycles. The van der Waals surface area contributed by atoms with Gasteiger partial charge in [-0.25, -0.2) is 4.98 Å². The summed E-state index contributed by atoms with van der Waals surface area (Å²) < 4.78 is 1.24. The molecule has 1 nitrogen and oxygen atoms in total. The molecule has 0 spiro atoms. The minimum absolute atomic E-state index is 1.09. The highest BCUT2D eigenvalue weighted by atomic mass is 32.1. The van der Waals surface area contributed by atoms with Crippen molar-refractivity contribution in [2.75, 3.05) is 0 Å². The van der Waals surface area contributed by atoms with Crippen LogP contribution in [0.4, 0.5) is 0 Å². The van der Waals surface area contributed by atoms with Gasteiger partial charge in [-0.15, -0.1) is 11.3 Å². The van der Waals surface area contributed by atoms with Crippen LogP contribution in [-0.4, -0.2) is 4.98 Å². The first-order valence-corrected chi connectivity index (χ1v) is 6.37. The summed E-state index contributed by atoms with van der Waals surface area (Å²) >= 11 is 1.68. The second-order valence-electron chi connectivity index (χ2n) is 3.79. The van der Waals surface area contributed by atoms with Gasteiger partial charge in [0.25, 0.3) is 0 Å². The van der Waals surface area contributed by atoms with Crippen molar-refractivity contribution in [3.63, 3.8) is 0 Å². The molecule has 3 aromatic rings. The Morgan fingerprint density at radius 3 is 2.65 bits per heavy atom. The van der Waals surface area contributed by atoms with Gasteiger partial charge in [0.15, 0.2) is 0 Å². The van der Waals surface area contributed by atoms with Gasteiger partial charge in [-0.3, -0.25) is 0 Å². The molecule has 2 heteroatoms. The van der Waals surface area contributed by atoms with Crippen LogP contribution in [0.25, 0.3) is 22.4 Å². The van der Waals surface area contributed by atoms with Crippen LogP contribution in [0, 0.1) is 0 Å². The quantitative estimate of drug-likeness (QED) is 0.599. The van der Waals surface area contributed by atoms with Crippen molar-refractivity contribution in [2.24, 2.45) is 0 Å². The van der Waals surface area contributed by atoms with Gasteiger partial charge in [0.05, 0.1) is 15.7 Å². The topological polar surface area (TPSA) is 12.9 Å². The standard InChI is InChI=1S/C15H11NS/c1-2-5-12(6-3-1)9-10-13-7-4-8-14-15(13)16-11-17-14/h1-11H. The molecule has 0 atom stereocenters. The molecule has 0 fully saturated rings. The molecule has 0 aliphatic rings. The molecule has 82 valence electrons. The zero-order valence-corrected chi connectivity index (χ0v) is 10.0. The van der Waals surface area contributed by atoms with E-state index >= 15 is 0 Å². The highest BCUT2D eigenvalue weighted by molar-refractivity contribution is 7.16. The third kappa shape index (κ3) is 2.12. The fourth-order valence-electron chi connectivity index (χ4n) is 1.79. The van der Waals surface area contributed by atoms with Crippen molar-refractivity contribution in [3.05, 3.63) is 65.2 Å². The molecule has 0 saturated carbocycles. The second kappa shape index (κ2) is 4.52. The Hall–Kier alpha value is -1.93. The summed E-state index contributed by atoms with van der Waals surface area (Å²) in [7, 11) is 0. The van der Waals surface area contributed by atoms with E-state index in [0.29, 0.717) is 0 Å². The first kappa shape index (κ1) is 10.2. The predicted molar refractivity (Wildman–Crippen MR) is 75.0 cm³/mol. The summed E-state index contributed by atoms with van der Waals surface area (Å²) in [5.74, 6) is 0.